The van der Waals surface area contributed by atoms with Crippen LogP contribution in [-0.2, 0) is 9.53 Å². The van der Waals surface area contributed by atoms with E-state index in [4.69, 9.17) is 5.73 Å². The van der Waals surface area contributed by atoms with Crippen molar-refractivity contribution in [2.24, 2.45) is 5.73 Å². The second-order valence-corrected chi connectivity index (χ2v) is 2.79. The topological polar surface area (TPSA) is 65.2 Å². The van der Waals surface area contributed by atoms with Gasteiger partial charge in [0.25, 0.3) is 0 Å². The smallest absolute Gasteiger partial charge is 0.307 e. The number of halogens is 1. The molecule has 0 aliphatic heterocycles. The number of pyridine rings is 1. The molecule has 0 fully saturated rings. The van der Waals surface area contributed by atoms with Gasteiger partial charge in [-0.15, -0.1) is 0 Å². The molecule has 76 valence electrons. The maximum atomic E-state index is 12.5. The predicted molar refractivity (Wildman–Crippen MR) is 47.8 cm³/mol. The van der Waals surface area contributed by atoms with E-state index in [1.54, 1.807) is 0 Å². The summed E-state index contributed by atoms with van der Waals surface area (Å²) in [6.45, 7) is 0. The van der Waals surface area contributed by atoms with Gasteiger partial charge in [0.15, 0.2) is 0 Å². The predicted octanol–water partition coefficient (Wildman–Crippen LogP) is 0.784. The number of carbonyl (C=O) groups excluding carboxylic acids is 1. The minimum Gasteiger partial charge on any atom is -0.469 e. The molecule has 1 aromatic rings. The number of nitrogens with two attached hydrogens (primary N) is 1. The van der Waals surface area contributed by atoms with Gasteiger partial charge >= 0.3 is 5.97 Å². The highest BCUT2D eigenvalue weighted by molar-refractivity contribution is 5.70. The van der Waals surface area contributed by atoms with E-state index in [2.05, 4.69) is 9.72 Å². The van der Waals surface area contributed by atoms with Gasteiger partial charge in [0.2, 0.25) is 0 Å². The third-order valence-electron chi connectivity index (χ3n) is 1.74. The second-order valence-electron chi connectivity index (χ2n) is 2.79. The van der Waals surface area contributed by atoms with Crippen LogP contribution in [0.1, 0.15) is 18.2 Å². The van der Waals surface area contributed by atoms with Gasteiger partial charge < -0.3 is 10.5 Å². The van der Waals surface area contributed by atoms with E-state index < -0.39 is 17.8 Å². The second kappa shape index (κ2) is 4.66. The number of esters is 1. The summed E-state index contributed by atoms with van der Waals surface area (Å²) in [7, 11) is 1.28. The van der Waals surface area contributed by atoms with Crippen molar-refractivity contribution >= 4 is 5.97 Å². The van der Waals surface area contributed by atoms with Crippen LogP contribution in [0.4, 0.5) is 4.39 Å². The van der Waals surface area contributed by atoms with Crippen molar-refractivity contribution < 1.29 is 13.9 Å². The molecule has 0 saturated heterocycles. The standard InChI is InChI=1S/C9H11FN2O2/c1-14-9(13)4-7(11)8-3-2-6(10)5-12-8/h2-3,5,7H,4,11H2,1H3/t7-/m1/s1. The van der Waals surface area contributed by atoms with Gasteiger partial charge in [0.05, 0.1) is 31.5 Å². The summed E-state index contributed by atoms with van der Waals surface area (Å²) in [6.07, 6.45) is 1.10. The maximum Gasteiger partial charge on any atom is 0.307 e. The third-order valence-corrected chi connectivity index (χ3v) is 1.74. The van der Waals surface area contributed by atoms with Crippen molar-refractivity contribution in [2.45, 2.75) is 12.5 Å². The first-order valence-corrected chi connectivity index (χ1v) is 4.07. The lowest BCUT2D eigenvalue weighted by Gasteiger charge is -2.08. The van der Waals surface area contributed by atoms with Crippen LogP contribution < -0.4 is 5.73 Å². The molecule has 1 aromatic heterocycles. The Hall–Kier alpha value is -1.49. The molecule has 1 heterocycles. The largest absolute Gasteiger partial charge is 0.469 e. The maximum absolute atomic E-state index is 12.5. The lowest BCUT2D eigenvalue weighted by molar-refractivity contribution is -0.141. The zero-order chi connectivity index (χ0) is 10.6. The Kier molecular flexibility index (Phi) is 3.53. The number of methoxy groups -OCH3 is 1. The number of nitrogens with zero attached hydrogens (tertiary/aromatic N) is 1. The van der Waals surface area contributed by atoms with Gasteiger partial charge in [-0.3, -0.25) is 9.78 Å². The first-order valence-electron chi connectivity index (χ1n) is 4.07. The fourth-order valence-corrected chi connectivity index (χ4v) is 0.974. The van der Waals surface area contributed by atoms with Crippen LogP contribution in [-0.4, -0.2) is 18.1 Å². The van der Waals surface area contributed by atoms with Gasteiger partial charge in [-0.25, -0.2) is 4.39 Å². The van der Waals surface area contributed by atoms with Crippen LogP contribution in [0.15, 0.2) is 18.3 Å². The first-order chi connectivity index (χ1) is 6.63. The van der Waals surface area contributed by atoms with Gasteiger partial charge in [-0.05, 0) is 12.1 Å². The van der Waals surface area contributed by atoms with E-state index in [0.29, 0.717) is 5.69 Å². The Balaban J connectivity index is 2.65. The molecule has 1 rings (SSSR count). The quantitative estimate of drug-likeness (QED) is 0.729. The highest BCUT2D eigenvalue weighted by Crippen LogP contribution is 2.11. The van der Waals surface area contributed by atoms with E-state index in [-0.39, 0.29) is 6.42 Å². The summed E-state index contributed by atoms with van der Waals surface area (Å²) >= 11 is 0. The van der Waals surface area contributed by atoms with Gasteiger partial charge in [0.1, 0.15) is 5.82 Å². The van der Waals surface area contributed by atoms with Crippen LogP contribution in [0.25, 0.3) is 0 Å². The molecule has 0 saturated carbocycles. The summed E-state index contributed by atoms with van der Waals surface area (Å²) in [5.74, 6) is -0.845. The fourth-order valence-electron chi connectivity index (χ4n) is 0.974. The SMILES string of the molecule is COC(=O)C[C@@H](N)c1ccc(F)cn1. The zero-order valence-corrected chi connectivity index (χ0v) is 7.74. The van der Waals surface area contributed by atoms with E-state index in [1.165, 1.54) is 19.2 Å². The summed E-state index contributed by atoms with van der Waals surface area (Å²) < 4.78 is 16.9. The van der Waals surface area contributed by atoms with E-state index in [9.17, 15) is 9.18 Å². The third kappa shape index (κ3) is 2.77. The minimum atomic E-state index is -0.553. The van der Waals surface area contributed by atoms with Crippen LogP contribution in [0, 0.1) is 5.82 Å². The van der Waals surface area contributed by atoms with E-state index in [1.807, 2.05) is 0 Å². The van der Waals surface area contributed by atoms with Crippen LogP contribution in [0.5, 0.6) is 0 Å². The van der Waals surface area contributed by atoms with Crippen molar-refractivity contribution in [2.75, 3.05) is 7.11 Å². The number of rotatable bonds is 3. The van der Waals surface area contributed by atoms with E-state index >= 15 is 0 Å². The van der Waals surface area contributed by atoms with Crippen molar-refractivity contribution in [3.05, 3.63) is 29.8 Å². The molecule has 0 aromatic carbocycles. The number of hydrogen-bond donors (Lipinski definition) is 1. The number of ether oxygens (including phenoxy) is 1. The monoisotopic (exact) mass is 198 g/mol. The Labute approximate surface area is 80.9 Å². The number of carbonyl (C=O) groups is 1. The van der Waals surface area contributed by atoms with Crippen LogP contribution >= 0.6 is 0 Å². The molecular formula is C9H11FN2O2. The summed E-state index contributed by atoms with van der Waals surface area (Å²) in [5.41, 5.74) is 6.11. The summed E-state index contributed by atoms with van der Waals surface area (Å²) in [6, 6.07) is 2.14. The summed E-state index contributed by atoms with van der Waals surface area (Å²) in [5, 5.41) is 0. The minimum absolute atomic E-state index is 0.0368. The normalized spacial score (nSPS) is 12.2. The molecule has 0 aliphatic rings. The average molecular weight is 198 g/mol. The molecule has 1 atom stereocenters. The molecule has 0 spiro atoms. The molecule has 0 aliphatic carbocycles. The van der Waals surface area contributed by atoms with Crippen molar-refractivity contribution in [3.63, 3.8) is 0 Å². The number of aromatic nitrogens is 1. The van der Waals surface area contributed by atoms with Gasteiger partial charge in [-0.1, -0.05) is 0 Å². The van der Waals surface area contributed by atoms with Gasteiger partial charge in [-0.2, -0.15) is 0 Å². The van der Waals surface area contributed by atoms with Crippen LogP contribution in [0.3, 0.4) is 0 Å². The van der Waals surface area contributed by atoms with Crippen molar-refractivity contribution in [1.82, 2.24) is 4.98 Å². The Bertz CT molecular complexity index is 313. The zero-order valence-electron chi connectivity index (χ0n) is 7.74. The molecule has 0 unspecified atom stereocenters. The average Bonchev–Trinajstić information content (AvgIpc) is 2.18. The molecule has 0 amide bonds. The van der Waals surface area contributed by atoms with Crippen molar-refractivity contribution in [3.8, 4) is 0 Å². The lowest BCUT2D eigenvalue weighted by Crippen LogP contribution is -2.17. The Morgan fingerprint density at radius 1 is 1.71 bits per heavy atom. The number of hydrogen-bond acceptors (Lipinski definition) is 4. The van der Waals surface area contributed by atoms with Crippen molar-refractivity contribution in [1.29, 1.82) is 0 Å². The lowest BCUT2D eigenvalue weighted by atomic mass is 10.1. The molecule has 0 radical (unpaired) electrons. The molecule has 4 nitrogen and oxygen atoms in total. The summed E-state index contributed by atoms with van der Waals surface area (Å²) in [4.78, 5) is 14.6. The Morgan fingerprint density at radius 3 is 2.93 bits per heavy atom. The molecular weight excluding hydrogens is 187 g/mol. The molecule has 5 heteroatoms. The van der Waals surface area contributed by atoms with Gasteiger partial charge in [0, 0.05) is 0 Å². The van der Waals surface area contributed by atoms with E-state index in [0.717, 1.165) is 6.20 Å². The molecule has 0 bridgehead atoms. The fraction of sp³-hybridized carbons (Fsp3) is 0.333. The first kappa shape index (κ1) is 10.6. The highest BCUT2D eigenvalue weighted by Gasteiger charge is 2.12. The Morgan fingerprint density at radius 2 is 2.43 bits per heavy atom. The highest BCUT2D eigenvalue weighted by atomic mass is 19.1. The van der Waals surface area contributed by atoms with Crippen LogP contribution in [0.2, 0.25) is 0 Å². The molecule has 14 heavy (non-hydrogen) atoms. The molecule has 2 N–H and O–H groups in total.